The second-order valence-electron chi connectivity index (χ2n) is 12.0. The molecule has 11 nitrogen and oxygen atoms in total. The molecule has 0 aromatic heterocycles. The van der Waals surface area contributed by atoms with E-state index in [-0.39, 0.29) is 19.4 Å². The molecule has 266 valence electrons. The number of hydrogen-bond donors (Lipinski definition) is 3. The standard InChI is InChI=1S/C33H64NO10P/c1-3-5-7-9-11-13-15-17-19-21-23-25-32(36)44-29(27-42-45(39,40)43-28-30(34)33(37)38)26-41-31(35)24-22-20-18-16-14-12-10-8-6-4-2/h29-30H,3-28,34H2,1-2H3,(H,37,38)(H,39,40). The zero-order valence-electron chi connectivity index (χ0n) is 28.2. The summed E-state index contributed by atoms with van der Waals surface area (Å²) in [6.07, 6.45) is 23.3. The molecule has 0 aliphatic carbocycles. The Morgan fingerprint density at radius 3 is 1.40 bits per heavy atom. The number of nitrogens with two attached hydrogens (primary N) is 1. The van der Waals surface area contributed by atoms with E-state index in [0.29, 0.717) is 12.8 Å². The summed E-state index contributed by atoms with van der Waals surface area (Å²) in [5, 5.41) is 8.83. The van der Waals surface area contributed by atoms with Crippen LogP contribution in [-0.4, -0.2) is 59.9 Å². The quantitative estimate of drug-likeness (QED) is 0.0352. The average molecular weight is 666 g/mol. The zero-order valence-corrected chi connectivity index (χ0v) is 29.1. The number of carboxylic acid groups (broad SMARTS) is 1. The van der Waals surface area contributed by atoms with E-state index >= 15 is 0 Å². The van der Waals surface area contributed by atoms with E-state index in [0.717, 1.165) is 38.5 Å². The number of carbonyl (C=O) groups excluding carboxylic acids is 2. The third-order valence-electron chi connectivity index (χ3n) is 7.61. The Balaban J connectivity index is 4.48. The number of rotatable bonds is 33. The second kappa shape index (κ2) is 29.9. The number of carboxylic acids is 1. The molecule has 0 aromatic rings. The van der Waals surface area contributed by atoms with Crippen LogP contribution >= 0.6 is 7.82 Å². The number of esters is 2. The van der Waals surface area contributed by atoms with Gasteiger partial charge >= 0.3 is 25.7 Å². The fourth-order valence-electron chi connectivity index (χ4n) is 4.77. The molecule has 0 saturated heterocycles. The number of carbonyl (C=O) groups is 3. The first-order chi connectivity index (χ1) is 21.6. The van der Waals surface area contributed by atoms with Gasteiger partial charge in [0.2, 0.25) is 0 Å². The summed E-state index contributed by atoms with van der Waals surface area (Å²) >= 11 is 0. The summed E-state index contributed by atoms with van der Waals surface area (Å²) < 4.78 is 32.4. The summed E-state index contributed by atoms with van der Waals surface area (Å²) in [5.74, 6) is -2.37. The fourth-order valence-corrected chi connectivity index (χ4v) is 5.55. The van der Waals surface area contributed by atoms with Crippen molar-refractivity contribution >= 4 is 25.7 Å². The highest BCUT2D eigenvalue weighted by Crippen LogP contribution is 2.43. The van der Waals surface area contributed by atoms with E-state index < -0.39 is 51.1 Å². The minimum Gasteiger partial charge on any atom is -0.480 e. The van der Waals surface area contributed by atoms with E-state index in [1.165, 1.54) is 83.5 Å². The first-order valence-electron chi connectivity index (χ1n) is 17.6. The lowest BCUT2D eigenvalue weighted by atomic mass is 10.1. The molecule has 0 aromatic carbocycles. The summed E-state index contributed by atoms with van der Waals surface area (Å²) in [6.45, 7) is 2.75. The monoisotopic (exact) mass is 665 g/mol. The molecule has 12 heteroatoms. The summed E-state index contributed by atoms with van der Waals surface area (Å²) in [5.41, 5.74) is 5.30. The molecule has 0 aliphatic heterocycles. The Hall–Kier alpha value is -1.52. The average Bonchev–Trinajstić information content (AvgIpc) is 3.00. The number of phosphoric ester groups is 1. The van der Waals surface area contributed by atoms with Crippen LogP contribution in [0, 0.1) is 0 Å². The molecule has 3 atom stereocenters. The van der Waals surface area contributed by atoms with Gasteiger partial charge in [-0.15, -0.1) is 0 Å². The van der Waals surface area contributed by atoms with Gasteiger partial charge in [-0.3, -0.25) is 23.4 Å². The summed E-state index contributed by atoms with van der Waals surface area (Å²) in [7, 11) is -4.69. The molecular formula is C33H64NO10P. The molecule has 4 N–H and O–H groups in total. The highest BCUT2D eigenvalue weighted by Gasteiger charge is 2.28. The number of hydrogen-bond acceptors (Lipinski definition) is 9. The van der Waals surface area contributed by atoms with Crippen LogP contribution in [0.5, 0.6) is 0 Å². The van der Waals surface area contributed by atoms with Crippen molar-refractivity contribution in [3.8, 4) is 0 Å². The smallest absolute Gasteiger partial charge is 0.472 e. The maximum Gasteiger partial charge on any atom is 0.472 e. The van der Waals surface area contributed by atoms with Gasteiger partial charge in [0.25, 0.3) is 0 Å². The molecule has 0 fully saturated rings. The third kappa shape index (κ3) is 29.6. The molecule has 0 heterocycles. The molecule has 0 saturated carbocycles. The molecule has 0 rings (SSSR count). The first kappa shape index (κ1) is 43.5. The number of phosphoric acid groups is 1. The molecule has 45 heavy (non-hydrogen) atoms. The Kier molecular flexibility index (Phi) is 28.8. The van der Waals surface area contributed by atoms with Crippen molar-refractivity contribution in [2.24, 2.45) is 5.73 Å². The van der Waals surface area contributed by atoms with Crippen LogP contribution in [-0.2, 0) is 37.5 Å². The largest absolute Gasteiger partial charge is 0.480 e. The third-order valence-corrected chi connectivity index (χ3v) is 8.56. The molecule has 0 spiro atoms. The zero-order chi connectivity index (χ0) is 33.6. The van der Waals surface area contributed by atoms with Gasteiger partial charge in [0, 0.05) is 12.8 Å². The number of unbranched alkanes of at least 4 members (excludes halogenated alkanes) is 19. The number of ether oxygens (including phenoxy) is 2. The van der Waals surface area contributed by atoms with Crippen molar-refractivity contribution in [3.05, 3.63) is 0 Å². The maximum atomic E-state index is 12.5. The molecule has 0 bridgehead atoms. The van der Waals surface area contributed by atoms with Crippen molar-refractivity contribution in [1.82, 2.24) is 0 Å². The highest BCUT2D eigenvalue weighted by molar-refractivity contribution is 7.47. The van der Waals surface area contributed by atoms with Crippen LogP contribution in [0.25, 0.3) is 0 Å². The minimum absolute atomic E-state index is 0.167. The Bertz CT molecular complexity index is 797. The van der Waals surface area contributed by atoms with Crippen molar-refractivity contribution < 1.29 is 47.5 Å². The normalized spacial score (nSPS) is 14.0. The van der Waals surface area contributed by atoms with Crippen molar-refractivity contribution in [2.45, 2.75) is 174 Å². The Morgan fingerprint density at radius 2 is 0.978 bits per heavy atom. The summed E-state index contributed by atoms with van der Waals surface area (Å²) in [4.78, 5) is 45.5. The lowest BCUT2D eigenvalue weighted by Gasteiger charge is -2.20. The van der Waals surface area contributed by atoms with E-state index in [4.69, 9.17) is 24.8 Å². The van der Waals surface area contributed by atoms with Gasteiger partial charge in [0.1, 0.15) is 12.6 Å². The SMILES string of the molecule is CCCCCCCCCCCCCC(=O)OC(COC(=O)CCCCCCCCCCCC)COP(=O)(O)OCC(N)C(=O)O. The van der Waals surface area contributed by atoms with Crippen molar-refractivity contribution in [3.63, 3.8) is 0 Å². The predicted molar refractivity (Wildman–Crippen MR) is 176 cm³/mol. The van der Waals surface area contributed by atoms with Gasteiger partial charge in [-0.05, 0) is 12.8 Å². The minimum atomic E-state index is -4.69. The van der Waals surface area contributed by atoms with Crippen molar-refractivity contribution in [2.75, 3.05) is 19.8 Å². The Morgan fingerprint density at radius 1 is 0.600 bits per heavy atom. The molecule has 3 unspecified atom stereocenters. The van der Waals surface area contributed by atoms with Crippen LogP contribution in [0.4, 0.5) is 0 Å². The molecular weight excluding hydrogens is 601 g/mol. The van der Waals surface area contributed by atoms with Gasteiger partial charge < -0.3 is 25.2 Å². The highest BCUT2D eigenvalue weighted by atomic mass is 31.2. The number of aliphatic carboxylic acids is 1. The molecule has 0 aliphatic rings. The van der Waals surface area contributed by atoms with Crippen LogP contribution in [0.3, 0.4) is 0 Å². The topological polar surface area (TPSA) is 172 Å². The Labute approximate surface area is 272 Å². The van der Waals surface area contributed by atoms with Gasteiger partial charge in [-0.2, -0.15) is 0 Å². The van der Waals surface area contributed by atoms with E-state index in [1.54, 1.807) is 0 Å². The lowest BCUT2D eigenvalue weighted by Crippen LogP contribution is -2.34. The van der Waals surface area contributed by atoms with E-state index in [9.17, 15) is 23.8 Å². The predicted octanol–water partition coefficient (Wildman–Crippen LogP) is 8.00. The maximum absolute atomic E-state index is 12.5. The van der Waals surface area contributed by atoms with Crippen molar-refractivity contribution in [1.29, 1.82) is 0 Å². The first-order valence-corrected chi connectivity index (χ1v) is 19.1. The van der Waals surface area contributed by atoms with Crippen LogP contribution in [0.2, 0.25) is 0 Å². The van der Waals surface area contributed by atoms with Crippen LogP contribution < -0.4 is 5.73 Å². The van der Waals surface area contributed by atoms with Gasteiger partial charge in [0.05, 0.1) is 13.2 Å². The molecule has 0 amide bonds. The fraction of sp³-hybridized carbons (Fsp3) is 0.909. The molecule has 0 radical (unpaired) electrons. The van der Waals surface area contributed by atoms with Gasteiger partial charge in [-0.25, -0.2) is 4.57 Å². The lowest BCUT2D eigenvalue weighted by molar-refractivity contribution is -0.161. The van der Waals surface area contributed by atoms with Gasteiger partial charge in [-0.1, -0.05) is 136 Å². The van der Waals surface area contributed by atoms with Crippen LogP contribution in [0.1, 0.15) is 162 Å². The van der Waals surface area contributed by atoms with Crippen LogP contribution in [0.15, 0.2) is 0 Å². The van der Waals surface area contributed by atoms with Gasteiger partial charge in [0.15, 0.2) is 6.10 Å². The van der Waals surface area contributed by atoms with E-state index in [2.05, 4.69) is 18.4 Å². The second-order valence-corrected chi connectivity index (χ2v) is 13.5. The van der Waals surface area contributed by atoms with E-state index in [1.807, 2.05) is 0 Å². The summed E-state index contributed by atoms with van der Waals surface area (Å²) in [6, 6.07) is -1.51.